The van der Waals surface area contributed by atoms with E-state index in [0.29, 0.717) is 12.8 Å². The molecule has 0 aromatic heterocycles. The number of aryl methyl sites for hydroxylation is 1. The van der Waals surface area contributed by atoms with Crippen molar-refractivity contribution in [2.24, 2.45) is 0 Å². The van der Waals surface area contributed by atoms with Gasteiger partial charge in [0.1, 0.15) is 5.75 Å². The van der Waals surface area contributed by atoms with Crippen molar-refractivity contribution in [2.45, 2.75) is 31.1 Å². The highest BCUT2D eigenvalue weighted by atomic mass is 19.4. The van der Waals surface area contributed by atoms with Gasteiger partial charge in [0.05, 0.1) is 18.7 Å². The number of halogens is 3. The van der Waals surface area contributed by atoms with Crippen molar-refractivity contribution in [1.29, 1.82) is 0 Å². The van der Waals surface area contributed by atoms with E-state index in [-0.39, 0.29) is 12.1 Å². The SMILES string of the molecule is C=C(NC)[C@@H](N[C@H](CCc1ccc(C(F)(F)F)cc1)c1ccccc1OC)c1ccccc1. The van der Waals surface area contributed by atoms with Gasteiger partial charge in [-0.15, -0.1) is 0 Å². The smallest absolute Gasteiger partial charge is 0.416 e. The molecule has 3 aromatic carbocycles. The number of hydrogen-bond donors (Lipinski definition) is 2. The van der Waals surface area contributed by atoms with Crippen molar-refractivity contribution in [3.05, 3.63) is 113 Å². The van der Waals surface area contributed by atoms with Crippen LogP contribution in [0.25, 0.3) is 0 Å². The maximum absolute atomic E-state index is 12.9. The van der Waals surface area contributed by atoms with Crippen LogP contribution in [-0.4, -0.2) is 14.2 Å². The number of methoxy groups -OCH3 is 1. The Balaban J connectivity index is 1.88. The van der Waals surface area contributed by atoms with Crippen LogP contribution in [0.1, 0.15) is 40.8 Å². The van der Waals surface area contributed by atoms with E-state index in [1.807, 2.05) is 61.6 Å². The lowest BCUT2D eigenvalue weighted by Gasteiger charge is -2.29. The van der Waals surface area contributed by atoms with E-state index in [2.05, 4.69) is 17.2 Å². The Bertz CT molecular complexity index is 1030. The first-order chi connectivity index (χ1) is 15.8. The summed E-state index contributed by atoms with van der Waals surface area (Å²) in [4.78, 5) is 0. The Labute approximate surface area is 193 Å². The van der Waals surface area contributed by atoms with Crippen molar-refractivity contribution < 1.29 is 17.9 Å². The number of alkyl halides is 3. The number of likely N-dealkylation sites (N-methyl/N-ethyl adjacent to an activating group) is 1. The Kier molecular flexibility index (Phi) is 8.17. The van der Waals surface area contributed by atoms with Crippen molar-refractivity contribution in [1.82, 2.24) is 10.6 Å². The minimum atomic E-state index is -4.34. The molecule has 0 aliphatic rings. The summed E-state index contributed by atoms with van der Waals surface area (Å²) < 4.78 is 44.3. The summed E-state index contributed by atoms with van der Waals surface area (Å²) in [5.41, 5.74) is 3.06. The van der Waals surface area contributed by atoms with Crippen molar-refractivity contribution >= 4 is 0 Å². The quantitative estimate of drug-likeness (QED) is 0.369. The van der Waals surface area contributed by atoms with Crippen molar-refractivity contribution in [3.8, 4) is 5.75 Å². The van der Waals surface area contributed by atoms with E-state index in [4.69, 9.17) is 4.74 Å². The molecule has 0 bridgehead atoms. The van der Waals surface area contributed by atoms with Crippen LogP contribution in [0.4, 0.5) is 13.2 Å². The normalized spacial score (nSPS) is 13.2. The molecule has 0 amide bonds. The third-order valence-corrected chi connectivity index (χ3v) is 5.69. The number of benzene rings is 3. The van der Waals surface area contributed by atoms with Crippen LogP contribution < -0.4 is 15.4 Å². The number of rotatable bonds is 10. The number of ether oxygens (including phenoxy) is 1. The predicted molar refractivity (Wildman–Crippen MR) is 126 cm³/mol. The fraction of sp³-hybridized carbons (Fsp3) is 0.259. The molecule has 0 heterocycles. The topological polar surface area (TPSA) is 33.3 Å². The summed E-state index contributed by atoms with van der Waals surface area (Å²) in [7, 11) is 3.47. The highest BCUT2D eigenvalue weighted by Gasteiger charge is 2.30. The van der Waals surface area contributed by atoms with Crippen LogP contribution in [0.15, 0.2) is 91.1 Å². The summed E-state index contributed by atoms with van der Waals surface area (Å²) in [5.74, 6) is 0.754. The highest BCUT2D eigenvalue weighted by Crippen LogP contribution is 2.33. The molecule has 0 aliphatic carbocycles. The summed E-state index contributed by atoms with van der Waals surface area (Å²) in [6, 6.07) is 22.8. The first-order valence-electron chi connectivity index (χ1n) is 10.8. The third kappa shape index (κ3) is 6.39. The molecular weight excluding hydrogens is 425 g/mol. The zero-order valence-corrected chi connectivity index (χ0v) is 18.8. The molecule has 3 nitrogen and oxygen atoms in total. The van der Waals surface area contributed by atoms with Gasteiger partial charge in [0.2, 0.25) is 0 Å². The molecule has 3 aromatic rings. The van der Waals surface area contributed by atoms with Crippen LogP contribution >= 0.6 is 0 Å². The molecule has 3 rings (SSSR count). The first-order valence-corrected chi connectivity index (χ1v) is 10.8. The Morgan fingerprint density at radius 1 is 0.939 bits per heavy atom. The Morgan fingerprint density at radius 3 is 2.18 bits per heavy atom. The zero-order valence-electron chi connectivity index (χ0n) is 18.8. The van der Waals surface area contributed by atoms with E-state index >= 15 is 0 Å². The number of para-hydroxylation sites is 1. The summed E-state index contributed by atoms with van der Waals surface area (Å²) in [6.07, 6.45) is -3.08. The molecule has 33 heavy (non-hydrogen) atoms. The fourth-order valence-corrected chi connectivity index (χ4v) is 3.84. The van der Waals surface area contributed by atoms with E-state index in [0.717, 1.165) is 40.3 Å². The Hall–Kier alpha value is -3.25. The lowest BCUT2D eigenvalue weighted by molar-refractivity contribution is -0.137. The van der Waals surface area contributed by atoms with Crippen LogP contribution in [-0.2, 0) is 12.6 Å². The van der Waals surface area contributed by atoms with Gasteiger partial charge in [-0.05, 0) is 42.2 Å². The zero-order chi connectivity index (χ0) is 23.8. The second kappa shape index (κ2) is 11.1. The van der Waals surface area contributed by atoms with E-state index < -0.39 is 11.7 Å². The minimum Gasteiger partial charge on any atom is -0.496 e. The molecule has 2 atom stereocenters. The van der Waals surface area contributed by atoms with E-state index in [1.54, 1.807) is 19.2 Å². The molecule has 6 heteroatoms. The maximum atomic E-state index is 12.9. The van der Waals surface area contributed by atoms with Crippen molar-refractivity contribution in [2.75, 3.05) is 14.2 Å². The van der Waals surface area contributed by atoms with E-state index in [1.165, 1.54) is 0 Å². The second-order valence-electron chi connectivity index (χ2n) is 7.81. The monoisotopic (exact) mass is 454 g/mol. The van der Waals surface area contributed by atoms with Crippen LogP contribution in [0.2, 0.25) is 0 Å². The average molecular weight is 455 g/mol. The third-order valence-electron chi connectivity index (χ3n) is 5.69. The van der Waals surface area contributed by atoms with Gasteiger partial charge in [-0.1, -0.05) is 67.2 Å². The van der Waals surface area contributed by atoms with Gasteiger partial charge in [0.25, 0.3) is 0 Å². The van der Waals surface area contributed by atoms with Crippen molar-refractivity contribution in [3.63, 3.8) is 0 Å². The molecule has 0 saturated heterocycles. The van der Waals surface area contributed by atoms with Gasteiger partial charge < -0.3 is 10.1 Å². The average Bonchev–Trinajstić information content (AvgIpc) is 2.84. The second-order valence-corrected chi connectivity index (χ2v) is 7.81. The molecular formula is C27H29F3N2O. The molecule has 0 spiro atoms. The fourth-order valence-electron chi connectivity index (χ4n) is 3.84. The van der Waals surface area contributed by atoms with Crippen LogP contribution in [0.5, 0.6) is 5.75 Å². The lowest BCUT2D eigenvalue weighted by atomic mass is 9.95. The van der Waals surface area contributed by atoms with Gasteiger partial charge >= 0.3 is 6.18 Å². The molecule has 174 valence electrons. The van der Waals surface area contributed by atoms with Gasteiger partial charge in [-0.3, -0.25) is 5.32 Å². The molecule has 0 unspecified atom stereocenters. The summed E-state index contributed by atoms with van der Waals surface area (Å²) in [6.45, 7) is 4.18. The maximum Gasteiger partial charge on any atom is 0.416 e. The van der Waals surface area contributed by atoms with E-state index in [9.17, 15) is 13.2 Å². The standard InChI is InChI=1S/C27H29F3N2O/c1-19(31-2)26(21-9-5-4-6-10-21)32-24(23-11-7-8-12-25(23)33-3)18-15-20-13-16-22(17-14-20)27(28,29)30/h4-14,16-17,24,26,31-32H,1,15,18H2,2-3H3/t24-,26-/m1/s1. The molecule has 0 radical (unpaired) electrons. The number of hydrogen-bond acceptors (Lipinski definition) is 3. The molecule has 0 fully saturated rings. The van der Waals surface area contributed by atoms with Gasteiger partial charge in [-0.2, -0.15) is 13.2 Å². The minimum absolute atomic E-state index is 0.126. The molecule has 0 aliphatic heterocycles. The number of nitrogens with one attached hydrogen (secondary N) is 2. The lowest BCUT2D eigenvalue weighted by Crippen LogP contribution is -2.31. The Morgan fingerprint density at radius 2 is 1.58 bits per heavy atom. The largest absolute Gasteiger partial charge is 0.496 e. The highest BCUT2D eigenvalue weighted by molar-refractivity contribution is 5.37. The van der Waals surface area contributed by atoms with Gasteiger partial charge in [0, 0.05) is 24.4 Å². The first kappa shape index (κ1) is 24.4. The van der Waals surface area contributed by atoms with Crippen LogP contribution in [0.3, 0.4) is 0 Å². The van der Waals surface area contributed by atoms with Crippen LogP contribution in [0, 0.1) is 0 Å². The molecule has 2 N–H and O–H groups in total. The summed E-state index contributed by atoms with van der Waals surface area (Å²) in [5, 5.41) is 6.84. The molecule has 0 saturated carbocycles. The predicted octanol–water partition coefficient (Wildman–Crippen LogP) is 6.45. The summed E-state index contributed by atoms with van der Waals surface area (Å²) >= 11 is 0. The van der Waals surface area contributed by atoms with Gasteiger partial charge in [-0.25, -0.2) is 0 Å². The van der Waals surface area contributed by atoms with Gasteiger partial charge in [0.15, 0.2) is 0 Å².